The molecule has 15 heavy (non-hydrogen) atoms. The van der Waals surface area contributed by atoms with Gasteiger partial charge in [0.25, 0.3) is 0 Å². The summed E-state index contributed by atoms with van der Waals surface area (Å²) in [5, 5.41) is 4.14. The molecule has 0 bridgehead atoms. The first kappa shape index (κ1) is 8.76. The van der Waals surface area contributed by atoms with E-state index in [4.69, 9.17) is 0 Å². The fourth-order valence-electron chi connectivity index (χ4n) is 1.81. The molecule has 2 aromatic carbocycles. The normalized spacial score (nSPS) is 11.9. The molecule has 0 aliphatic rings. The van der Waals surface area contributed by atoms with Crippen molar-refractivity contribution in [2.75, 3.05) is 0 Å². The predicted octanol–water partition coefficient (Wildman–Crippen LogP) is 4.62. The summed E-state index contributed by atoms with van der Waals surface area (Å²) < 4.78 is 0. The van der Waals surface area contributed by atoms with Crippen molar-refractivity contribution >= 4 is 18.0 Å². The zero-order valence-electron chi connectivity index (χ0n) is 8.22. The lowest BCUT2D eigenvalue weighted by atomic mass is 10.3. The van der Waals surface area contributed by atoms with Crippen LogP contribution in [0.5, 0.6) is 0 Å². The number of fused-ring (bicyclic) bond motifs is 1. The summed E-state index contributed by atoms with van der Waals surface area (Å²) in [5.41, 5.74) is 0. The van der Waals surface area contributed by atoms with E-state index in [0.717, 1.165) is 0 Å². The van der Waals surface area contributed by atoms with E-state index in [9.17, 15) is 0 Å². The maximum Gasteiger partial charge on any atom is 0.0112 e. The van der Waals surface area contributed by atoms with Crippen LogP contribution in [0.15, 0.2) is 60.7 Å². The lowest BCUT2D eigenvalue weighted by Gasteiger charge is -1.99. The largest absolute Gasteiger partial charge is 0.0769 e. The van der Waals surface area contributed by atoms with Crippen molar-refractivity contribution < 1.29 is 0 Å². The number of hydrogen-bond donors (Lipinski definition) is 0. The molecule has 1 aromatic heterocycles. The lowest BCUT2D eigenvalue weighted by molar-refractivity contribution is 1.76. The Hall–Kier alpha value is -1.52. The van der Waals surface area contributed by atoms with Crippen LogP contribution in [0.4, 0.5) is 0 Å². The Morgan fingerprint density at radius 1 is 0.800 bits per heavy atom. The Balaban J connectivity index is 2.28. The van der Waals surface area contributed by atoms with Crippen molar-refractivity contribution in [3.63, 3.8) is 0 Å². The van der Waals surface area contributed by atoms with E-state index in [1.807, 2.05) is 0 Å². The zero-order valence-corrected chi connectivity index (χ0v) is 9.12. The van der Waals surface area contributed by atoms with Gasteiger partial charge in [0.2, 0.25) is 0 Å². The van der Waals surface area contributed by atoms with Gasteiger partial charge in [0, 0.05) is 10.9 Å². The second kappa shape index (κ2) is 3.56. The van der Waals surface area contributed by atoms with Gasteiger partial charge in [-0.15, -0.1) is 0 Å². The maximum atomic E-state index is 3.48. The summed E-state index contributed by atoms with van der Waals surface area (Å²) >= 11 is 0. The third-order valence-corrected chi connectivity index (χ3v) is 4.63. The smallest absolute Gasteiger partial charge is 0.0112 e. The number of hydrogen-bond acceptors (Lipinski definition) is 0. The SMILES string of the molecule is [c]1cc2ccccc2p1-c1ccccc1. The number of rotatable bonds is 1. The van der Waals surface area contributed by atoms with E-state index < -0.39 is 0 Å². The Kier molecular flexibility index (Phi) is 2.08. The van der Waals surface area contributed by atoms with Crippen molar-refractivity contribution in [2.45, 2.75) is 0 Å². The van der Waals surface area contributed by atoms with E-state index >= 15 is 0 Å². The van der Waals surface area contributed by atoms with E-state index in [1.54, 1.807) is 0 Å². The summed E-state index contributed by atoms with van der Waals surface area (Å²) in [5.74, 6) is 3.48. The van der Waals surface area contributed by atoms with E-state index in [0.29, 0.717) is 0 Å². The highest BCUT2D eigenvalue weighted by Crippen LogP contribution is 2.46. The van der Waals surface area contributed by atoms with Crippen molar-refractivity contribution in [1.29, 1.82) is 0 Å². The molecule has 1 atom stereocenters. The first-order valence-electron chi connectivity index (χ1n) is 4.99. The molecule has 3 aromatic rings. The molecule has 0 N–H and O–H groups in total. The Bertz CT molecular complexity index is 578. The average Bonchev–Trinajstić information content (AvgIpc) is 2.74. The second-order valence-corrected chi connectivity index (χ2v) is 5.43. The van der Waals surface area contributed by atoms with Gasteiger partial charge in [0.15, 0.2) is 0 Å². The molecule has 3 rings (SSSR count). The van der Waals surface area contributed by atoms with Gasteiger partial charge in [-0.05, 0) is 16.8 Å². The molecule has 71 valence electrons. The summed E-state index contributed by atoms with van der Waals surface area (Å²) in [4.78, 5) is 0. The van der Waals surface area contributed by atoms with Gasteiger partial charge in [-0.3, -0.25) is 0 Å². The lowest BCUT2D eigenvalue weighted by Crippen LogP contribution is -1.64. The van der Waals surface area contributed by atoms with Gasteiger partial charge in [0.1, 0.15) is 0 Å². The van der Waals surface area contributed by atoms with Crippen molar-refractivity contribution in [3.05, 3.63) is 66.5 Å². The fourth-order valence-corrected chi connectivity index (χ4v) is 3.74. The van der Waals surface area contributed by atoms with Crippen molar-refractivity contribution in [3.8, 4) is 5.30 Å². The summed E-state index contributed by atoms with van der Waals surface area (Å²) in [6, 6.07) is 21.3. The topological polar surface area (TPSA) is 0 Å². The quantitative estimate of drug-likeness (QED) is 0.548. The summed E-state index contributed by atoms with van der Waals surface area (Å²) in [6.45, 7) is 0. The Labute approximate surface area is 90.2 Å². The first-order valence-corrected chi connectivity index (χ1v) is 6.33. The Morgan fingerprint density at radius 2 is 1.53 bits per heavy atom. The molecule has 0 fully saturated rings. The molecule has 1 heteroatoms. The highest BCUT2D eigenvalue weighted by atomic mass is 31.1. The van der Waals surface area contributed by atoms with Crippen molar-refractivity contribution in [1.82, 2.24) is 0 Å². The molecule has 1 unspecified atom stereocenters. The monoisotopic (exact) mass is 209 g/mol. The molecule has 0 saturated carbocycles. The van der Waals surface area contributed by atoms with Gasteiger partial charge in [-0.1, -0.05) is 62.1 Å². The van der Waals surface area contributed by atoms with Gasteiger partial charge < -0.3 is 0 Å². The standard InChI is InChI=1S/C14H10P/c1-2-7-13(8-3-1)15-11-10-12-6-4-5-9-14(12)15/h1-10H. The van der Waals surface area contributed by atoms with Crippen LogP contribution in [0.3, 0.4) is 0 Å². The van der Waals surface area contributed by atoms with Gasteiger partial charge in [0.05, 0.1) is 0 Å². The molecule has 0 saturated heterocycles. The molecule has 1 heterocycles. The van der Waals surface area contributed by atoms with Crippen LogP contribution in [-0.4, -0.2) is 0 Å². The second-order valence-electron chi connectivity index (χ2n) is 3.50. The molecular weight excluding hydrogens is 199 g/mol. The fraction of sp³-hybridized carbons (Fsp3) is 0. The molecule has 0 aliphatic carbocycles. The molecule has 0 amide bonds. The van der Waals surface area contributed by atoms with Crippen molar-refractivity contribution in [2.24, 2.45) is 0 Å². The highest BCUT2D eigenvalue weighted by Gasteiger charge is 2.02. The molecule has 0 spiro atoms. The van der Waals surface area contributed by atoms with E-state index in [1.165, 1.54) is 15.8 Å². The van der Waals surface area contributed by atoms with Gasteiger partial charge in [-0.2, -0.15) is 0 Å². The third-order valence-electron chi connectivity index (χ3n) is 2.54. The average molecular weight is 209 g/mol. The number of benzene rings is 2. The summed E-state index contributed by atoms with van der Waals surface area (Å²) in [6.07, 6.45) is 0. The van der Waals surface area contributed by atoms with E-state index in [2.05, 4.69) is 66.5 Å². The van der Waals surface area contributed by atoms with Crippen LogP contribution in [0.25, 0.3) is 15.8 Å². The molecule has 0 nitrogen and oxygen atoms in total. The zero-order chi connectivity index (χ0) is 10.1. The first-order chi connectivity index (χ1) is 7.45. The third kappa shape index (κ3) is 1.48. The molecular formula is C14H10P. The van der Waals surface area contributed by atoms with Crippen LogP contribution in [0.2, 0.25) is 0 Å². The Morgan fingerprint density at radius 3 is 2.40 bits per heavy atom. The van der Waals surface area contributed by atoms with Crippen LogP contribution in [-0.2, 0) is 0 Å². The molecule has 0 aliphatic heterocycles. The highest BCUT2D eigenvalue weighted by molar-refractivity contribution is 7.61. The van der Waals surface area contributed by atoms with Crippen LogP contribution in [0, 0.1) is 5.80 Å². The summed E-state index contributed by atoms with van der Waals surface area (Å²) in [7, 11) is -0.362. The van der Waals surface area contributed by atoms with Gasteiger partial charge in [-0.25, -0.2) is 0 Å². The van der Waals surface area contributed by atoms with Gasteiger partial charge >= 0.3 is 0 Å². The van der Waals surface area contributed by atoms with Crippen LogP contribution < -0.4 is 0 Å². The van der Waals surface area contributed by atoms with Crippen LogP contribution >= 0.6 is 7.53 Å². The minimum atomic E-state index is -0.362. The minimum absolute atomic E-state index is 0.362. The maximum absolute atomic E-state index is 3.48. The molecule has 1 radical (unpaired) electrons. The minimum Gasteiger partial charge on any atom is -0.0769 e. The van der Waals surface area contributed by atoms with Crippen LogP contribution in [0.1, 0.15) is 0 Å². The predicted molar refractivity (Wildman–Crippen MR) is 66.8 cm³/mol. The van der Waals surface area contributed by atoms with E-state index in [-0.39, 0.29) is 7.53 Å².